The van der Waals surface area contributed by atoms with Gasteiger partial charge in [0.1, 0.15) is 28.8 Å². The molecule has 0 aliphatic heterocycles. The number of amidine groups is 1. The highest BCUT2D eigenvalue weighted by Gasteiger charge is 2.12. The zero-order valence-corrected chi connectivity index (χ0v) is 13.2. The Bertz CT molecular complexity index is 674. The molecule has 0 unspecified atom stereocenters. The molecule has 5 nitrogen and oxygen atoms in total. The predicted molar refractivity (Wildman–Crippen MR) is 84.8 cm³/mol. The van der Waals surface area contributed by atoms with Crippen LogP contribution in [0.15, 0.2) is 40.9 Å². The summed E-state index contributed by atoms with van der Waals surface area (Å²) in [6.07, 6.45) is 0. The van der Waals surface area contributed by atoms with E-state index in [0.29, 0.717) is 28.6 Å². The molecule has 0 radical (unpaired) electrons. The maximum Gasteiger partial charge on any atom is 0.142 e. The van der Waals surface area contributed by atoms with Gasteiger partial charge in [-0.05, 0) is 46.3 Å². The third-order valence-electron chi connectivity index (χ3n) is 2.84. The molecule has 110 valence electrons. The van der Waals surface area contributed by atoms with Gasteiger partial charge in [-0.2, -0.15) is 0 Å². The summed E-state index contributed by atoms with van der Waals surface area (Å²) in [5.41, 5.74) is 6.07. The van der Waals surface area contributed by atoms with Crippen molar-refractivity contribution in [3.63, 3.8) is 0 Å². The summed E-state index contributed by atoms with van der Waals surface area (Å²) >= 11 is 3.42. The average molecular weight is 351 g/mol. The molecule has 0 heterocycles. The molecule has 0 aromatic heterocycles. The smallest absolute Gasteiger partial charge is 0.142 e. The van der Waals surface area contributed by atoms with Crippen molar-refractivity contribution >= 4 is 21.8 Å². The number of hydrogen-bond acceptors (Lipinski definition) is 4. The molecule has 0 aliphatic carbocycles. The van der Waals surface area contributed by atoms with Crippen LogP contribution in [0.25, 0.3) is 0 Å². The Balaban J connectivity index is 2.40. The number of methoxy groups -OCH3 is 2. The highest BCUT2D eigenvalue weighted by Crippen LogP contribution is 2.35. The number of halogens is 1. The van der Waals surface area contributed by atoms with Crippen LogP contribution < -0.4 is 19.9 Å². The summed E-state index contributed by atoms with van der Waals surface area (Å²) in [5, 5.41) is 7.61. The van der Waals surface area contributed by atoms with Gasteiger partial charge in [-0.1, -0.05) is 0 Å². The molecular weight excluding hydrogens is 336 g/mol. The van der Waals surface area contributed by atoms with E-state index in [2.05, 4.69) is 15.9 Å². The Morgan fingerprint density at radius 2 is 1.62 bits per heavy atom. The minimum absolute atomic E-state index is 0.0720. The fraction of sp³-hybridized carbons (Fsp3) is 0.133. The molecule has 2 aromatic rings. The zero-order valence-electron chi connectivity index (χ0n) is 11.6. The largest absolute Gasteiger partial charge is 0.497 e. The lowest BCUT2D eigenvalue weighted by molar-refractivity contribution is 0.406. The van der Waals surface area contributed by atoms with Gasteiger partial charge in [-0.25, -0.2) is 0 Å². The van der Waals surface area contributed by atoms with Crippen LogP contribution in [0.5, 0.6) is 23.0 Å². The van der Waals surface area contributed by atoms with E-state index in [-0.39, 0.29) is 5.84 Å². The molecule has 0 atom stereocenters. The van der Waals surface area contributed by atoms with Crippen molar-refractivity contribution in [1.29, 1.82) is 5.41 Å². The summed E-state index contributed by atoms with van der Waals surface area (Å²) in [7, 11) is 3.16. The van der Waals surface area contributed by atoms with E-state index < -0.39 is 0 Å². The quantitative estimate of drug-likeness (QED) is 0.638. The van der Waals surface area contributed by atoms with Crippen LogP contribution in [-0.2, 0) is 0 Å². The van der Waals surface area contributed by atoms with Gasteiger partial charge in [0.25, 0.3) is 0 Å². The molecule has 0 amide bonds. The van der Waals surface area contributed by atoms with E-state index in [9.17, 15) is 0 Å². The fourth-order valence-corrected chi connectivity index (χ4v) is 2.19. The van der Waals surface area contributed by atoms with Gasteiger partial charge in [-0.15, -0.1) is 0 Å². The zero-order chi connectivity index (χ0) is 15.4. The molecule has 2 rings (SSSR count). The molecule has 0 fully saturated rings. The van der Waals surface area contributed by atoms with E-state index in [1.807, 2.05) is 0 Å². The van der Waals surface area contributed by atoms with Crippen molar-refractivity contribution in [2.45, 2.75) is 0 Å². The Hall–Kier alpha value is -2.21. The second-order valence-corrected chi connectivity index (χ2v) is 5.03. The summed E-state index contributed by atoms with van der Waals surface area (Å²) < 4.78 is 16.9. The molecule has 0 bridgehead atoms. The van der Waals surface area contributed by atoms with Gasteiger partial charge in [0, 0.05) is 6.07 Å². The Labute approximate surface area is 131 Å². The second kappa shape index (κ2) is 6.49. The number of benzene rings is 2. The molecule has 6 heteroatoms. The third kappa shape index (κ3) is 3.46. The molecule has 0 saturated carbocycles. The first-order valence-electron chi connectivity index (χ1n) is 6.09. The molecule has 2 aromatic carbocycles. The average Bonchev–Trinajstić information content (AvgIpc) is 2.48. The van der Waals surface area contributed by atoms with Crippen molar-refractivity contribution in [2.75, 3.05) is 14.2 Å². The maximum absolute atomic E-state index is 7.61. The number of ether oxygens (including phenoxy) is 3. The lowest BCUT2D eigenvalue weighted by Gasteiger charge is -2.13. The third-order valence-corrected chi connectivity index (χ3v) is 3.46. The van der Waals surface area contributed by atoms with Crippen molar-refractivity contribution in [1.82, 2.24) is 0 Å². The molecule has 0 saturated heterocycles. The monoisotopic (exact) mass is 350 g/mol. The first kappa shape index (κ1) is 15.2. The van der Waals surface area contributed by atoms with Gasteiger partial charge in [0.15, 0.2) is 0 Å². The number of rotatable bonds is 5. The standard InChI is InChI=1S/C15H15BrN2O3/c1-19-9-4-6-13(12(16)7-9)21-14-8-10(20-2)3-5-11(14)15(17)18/h3-8H,1-2H3,(H3,17,18). The molecule has 0 spiro atoms. The molecule has 3 N–H and O–H groups in total. The van der Waals surface area contributed by atoms with Gasteiger partial charge in [-0.3, -0.25) is 5.41 Å². The van der Waals surface area contributed by atoms with Crippen LogP contribution in [-0.4, -0.2) is 20.1 Å². The summed E-state index contributed by atoms with van der Waals surface area (Å²) in [5.74, 6) is 2.31. The van der Waals surface area contributed by atoms with Crippen LogP contribution in [0, 0.1) is 5.41 Å². The van der Waals surface area contributed by atoms with Crippen molar-refractivity contribution in [2.24, 2.45) is 5.73 Å². The van der Waals surface area contributed by atoms with Crippen LogP contribution >= 0.6 is 15.9 Å². The van der Waals surface area contributed by atoms with Gasteiger partial charge in [0.05, 0.1) is 24.3 Å². The van der Waals surface area contributed by atoms with Crippen LogP contribution in [0.3, 0.4) is 0 Å². The van der Waals surface area contributed by atoms with Crippen molar-refractivity contribution in [3.8, 4) is 23.0 Å². The molecule has 0 aliphatic rings. The van der Waals surface area contributed by atoms with E-state index in [1.165, 1.54) is 0 Å². The van der Waals surface area contributed by atoms with E-state index in [4.69, 9.17) is 25.4 Å². The number of hydrogen-bond donors (Lipinski definition) is 2. The van der Waals surface area contributed by atoms with Crippen molar-refractivity contribution < 1.29 is 14.2 Å². The van der Waals surface area contributed by atoms with Crippen LogP contribution in [0.4, 0.5) is 0 Å². The molecular formula is C15H15BrN2O3. The van der Waals surface area contributed by atoms with Gasteiger partial charge >= 0.3 is 0 Å². The number of nitrogens with two attached hydrogens (primary N) is 1. The Morgan fingerprint density at radius 1 is 1.00 bits per heavy atom. The minimum atomic E-state index is -0.0720. The Kier molecular flexibility index (Phi) is 4.70. The summed E-state index contributed by atoms with van der Waals surface area (Å²) in [6.45, 7) is 0. The fourth-order valence-electron chi connectivity index (χ4n) is 1.75. The minimum Gasteiger partial charge on any atom is -0.497 e. The van der Waals surface area contributed by atoms with E-state index in [0.717, 1.165) is 4.47 Å². The highest BCUT2D eigenvalue weighted by molar-refractivity contribution is 9.10. The van der Waals surface area contributed by atoms with Gasteiger partial charge < -0.3 is 19.9 Å². The number of nitrogens with one attached hydrogen (secondary N) is 1. The number of nitrogen functional groups attached to an aromatic ring is 1. The SMILES string of the molecule is COc1ccc(Oc2cc(OC)ccc2C(=N)N)c(Br)c1. The molecule has 21 heavy (non-hydrogen) atoms. The second-order valence-electron chi connectivity index (χ2n) is 4.17. The summed E-state index contributed by atoms with van der Waals surface area (Å²) in [4.78, 5) is 0. The van der Waals surface area contributed by atoms with E-state index >= 15 is 0 Å². The highest BCUT2D eigenvalue weighted by atomic mass is 79.9. The van der Waals surface area contributed by atoms with Crippen molar-refractivity contribution in [3.05, 3.63) is 46.4 Å². The predicted octanol–water partition coefficient (Wildman–Crippen LogP) is 3.54. The first-order valence-corrected chi connectivity index (χ1v) is 6.88. The maximum atomic E-state index is 7.61. The Morgan fingerprint density at radius 3 is 2.19 bits per heavy atom. The lowest BCUT2D eigenvalue weighted by Crippen LogP contribution is -2.12. The van der Waals surface area contributed by atoms with Gasteiger partial charge in [0.2, 0.25) is 0 Å². The van der Waals surface area contributed by atoms with Crippen LogP contribution in [0.1, 0.15) is 5.56 Å². The summed E-state index contributed by atoms with van der Waals surface area (Å²) in [6, 6.07) is 10.5. The first-order chi connectivity index (χ1) is 10.0. The normalized spacial score (nSPS) is 10.0. The van der Waals surface area contributed by atoms with E-state index in [1.54, 1.807) is 50.6 Å². The lowest BCUT2D eigenvalue weighted by atomic mass is 10.1. The topological polar surface area (TPSA) is 77.6 Å². The van der Waals surface area contributed by atoms with Crippen LogP contribution in [0.2, 0.25) is 0 Å².